The Hall–Kier alpha value is -1.71. The third kappa shape index (κ3) is 4.28. The normalized spacial score (nSPS) is 15.1. The number of carbonyl (C=O) groups excluding carboxylic acids is 1. The van der Waals surface area contributed by atoms with Gasteiger partial charge in [0.2, 0.25) is 0 Å². The molecule has 0 unspecified atom stereocenters. The van der Waals surface area contributed by atoms with Gasteiger partial charge in [-0.3, -0.25) is 5.32 Å². The fourth-order valence-corrected chi connectivity index (χ4v) is 1.53. The smallest absolute Gasteiger partial charge is 0.412 e. The highest BCUT2D eigenvalue weighted by molar-refractivity contribution is 5.85. The van der Waals surface area contributed by atoms with Crippen molar-refractivity contribution < 1.29 is 9.53 Å². The molecule has 0 heterocycles. The van der Waals surface area contributed by atoms with Gasteiger partial charge in [0.25, 0.3) is 0 Å². The molecule has 0 aliphatic heterocycles. The molecule has 1 fully saturated rings. The van der Waals surface area contributed by atoms with Crippen molar-refractivity contribution in [2.75, 3.05) is 10.6 Å². The summed E-state index contributed by atoms with van der Waals surface area (Å²) in [5.41, 5.74) is 1.36. The number of hydrogen-bond donors (Lipinski definition) is 2. The molecule has 1 amide bonds. The van der Waals surface area contributed by atoms with E-state index in [1.54, 1.807) is 0 Å². The lowest BCUT2D eigenvalue weighted by molar-refractivity contribution is 0.0636. The average Bonchev–Trinajstić information content (AvgIpc) is 3.02. The Morgan fingerprint density at radius 2 is 1.72 bits per heavy atom. The Bertz CT molecular complexity index is 416. The molecule has 0 atom stereocenters. The van der Waals surface area contributed by atoms with E-state index in [9.17, 15) is 4.79 Å². The molecular formula is C14H20N2O2. The van der Waals surface area contributed by atoms with Crippen LogP contribution in [0.15, 0.2) is 24.3 Å². The van der Waals surface area contributed by atoms with Crippen LogP contribution < -0.4 is 10.6 Å². The van der Waals surface area contributed by atoms with Gasteiger partial charge in [0.15, 0.2) is 0 Å². The number of rotatable bonds is 3. The summed E-state index contributed by atoms with van der Waals surface area (Å²) in [6.45, 7) is 5.53. The minimum absolute atomic E-state index is 0.426. The zero-order valence-corrected chi connectivity index (χ0v) is 11.1. The van der Waals surface area contributed by atoms with Crippen molar-refractivity contribution >= 4 is 17.5 Å². The van der Waals surface area contributed by atoms with Gasteiger partial charge in [-0.05, 0) is 57.9 Å². The predicted octanol–water partition coefficient (Wildman–Crippen LogP) is 3.61. The van der Waals surface area contributed by atoms with Crippen LogP contribution in [0.25, 0.3) is 0 Å². The quantitative estimate of drug-likeness (QED) is 0.859. The highest BCUT2D eigenvalue weighted by atomic mass is 16.6. The highest BCUT2D eigenvalue weighted by Crippen LogP contribution is 2.25. The molecule has 98 valence electrons. The molecule has 18 heavy (non-hydrogen) atoms. The first-order valence-corrected chi connectivity index (χ1v) is 6.29. The van der Waals surface area contributed by atoms with Gasteiger partial charge in [0.1, 0.15) is 5.60 Å². The molecule has 0 radical (unpaired) electrons. The van der Waals surface area contributed by atoms with Gasteiger partial charge >= 0.3 is 6.09 Å². The van der Waals surface area contributed by atoms with Crippen LogP contribution in [0.3, 0.4) is 0 Å². The molecule has 1 aromatic carbocycles. The fourth-order valence-electron chi connectivity index (χ4n) is 1.53. The summed E-state index contributed by atoms with van der Waals surface area (Å²) in [5, 5.41) is 6.10. The van der Waals surface area contributed by atoms with Crippen LogP contribution in [0.5, 0.6) is 0 Å². The van der Waals surface area contributed by atoms with Crippen LogP contribution in [-0.2, 0) is 4.74 Å². The largest absolute Gasteiger partial charge is 0.444 e. The summed E-state index contributed by atoms with van der Waals surface area (Å²) < 4.78 is 5.18. The van der Waals surface area contributed by atoms with E-state index in [0.717, 1.165) is 11.4 Å². The van der Waals surface area contributed by atoms with Crippen molar-refractivity contribution in [1.82, 2.24) is 0 Å². The van der Waals surface area contributed by atoms with Crippen LogP contribution in [-0.4, -0.2) is 17.7 Å². The average molecular weight is 248 g/mol. The van der Waals surface area contributed by atoms with Crippen molar-refractivity contribution in [2.45, 2.75) is 45.3 Å². The van der Waals surface area contributed by atoms with Crippen LogP contribution in [0, 0.1) is 0 Å². The lowest BCUT2D eigenvalue weighted by atomic mass is 10.2. The molecule has 1 aliphatic carbocycles. The number of ether oxygens (including phenoxy) is 1. The van der Waals surface area contributed by atoms with E-state index in [1.165, 1.54) is 12.8 Å². The Labute approximate surface area is 108 Å². The van der Waals surface area contributed by atoms with Gasteiger partial charge in [0, 0.05) is 17.4 Å². The van der Waals surface area contributed by atoms with Gasteiger partial charge < -0.3 is 10.1 Å². The maximum atomic E-state index is 11.6. The molecule has 2 N–H and O–H groups in total. The van der Waals surface area contributed by atoms with Crippen LogP contribution >= 0.6 is 0 Å². The van der Waals surface area contributed by atoms with Crippen molar-refractivity contribution in [3.63, 3.8) is 0 Å². The summed E-state index contributed by atoms with van der Waals surface area (Å²) in [6.07, 6.45) is 2.07. The van der Waals surface area contributed by atoms with E-state index in [0.29, 0.717) is 6.04 Å². The third-order valence-corrected chi connectivity index (χ3v) is 2.48. The van der Waals surface area contributed by atoms with E-state index in [4.69, 9.17) is 4.74 Å². The van der Waals surface area contributed by atoms with E-state index in [2.05, 4.69) is 10.6 Å². The molecular weight excluding hydrogens is 228 g/mol. The van der Waals surface area contributed by atoms with Crippen molar-refractivity contribution in [3.05, 3.63) is 24.3 Å². The molecule has 4 heteroatoms. The molecule has 0 saturated heterocycles. The number of amides is 1. The third-order valence-electron chi connectivity index (χ3n) is 2.48. The molecule has 4 nitrogen and oxygen atoms in total. The molecule has 1 saturated carbocycles. The first-order chi connectivity index (χ1) is 8.42. The van der Waals surface area contributed by atoms with Crippen molar-refractivity contribution in [3.8, 4) is 0 Å². The van der Waals surface area contributed by atoms with Gasteiger partial charge in [-0.1, -0.05) is 0 Å². The summed E-state index contributed by atoms with van der Waals surface area (Å²) in [5.74, 6) is 0. The van der Waals surface area contributed by atoms with Gasteiger partial charge in [-0.25, -0.2) is 4.79 Å². The lowest BCUT2D eigenvalue weighted by Crippen LogP contribution is -2.27. The highest BCUT2D eigenvalue weighted by Gasteiger charge is 2.20. The Morgan fingerprint density at radius 3 is 2.22 bits per heavy atom. The summed E-state index contributed by atoms with van der Waals surface area (Å²) in [6, 6.07) is 8.30. The van der Waals surface area contributed by atoms with E-state index in [1.807, 2.05) is 45.0 Å². The zero-order valence-electron chi connectivity index (χ0n) is 11.1. The number of benzene rings is 1. The first kappa shape index (κ1) is 12.7. The molecule has 0 spiro atoms. The van der Waals surface area contributed by atoms with Crippen LogP contribution in [0.4, 0.5) is 16.2 Å². The van der Waals surface area contributed by atoms with Crippen LogP contribution in [0.2, 0.25) is 0 Å². The van der Waals surface area contributed by atoms with Crippen molar-refractivity contribution in [2.24, 2.45) is 0 Å². The van der Waals surface area contributed by atoms with Gasteiger partial charge in [0.05, 0.1) is 0 Å². The maximum Gasteiger partial charge on any atom is 0.412 e. The van der Waals surface area contributed by atoms with E-state index < -0.39 is 11.7 Å². The topological polar surface area (TPSA) is 50.4 Å². The number of hydrogen-bond acceptors (Lipinski definition) is 3. The summed E-state index contributed by atoms with van der Waals surface area (Å²) >= 11 is 0. The fraction of sp³-hybridized carbons (Fsp3) is 0.500. The maximum absolute atomic E-state index is 11.6. The minimum atomic E-state index is -0.475. The van der Waals surface area contributed by atoms with E-state index in [-0.39, 0.29) is 0 Å². The standard InChI is InChI=1S/C14H20N2O2/c1-14(2,3)18-13(17)16-12-8-6-11(7-9-12)15-10-4-5-10/h6-10,15H,4-5H2,1-3H3,(H,16,17). The van der Waals surface area contributed by atoms with E-state index >= 15 is 0 Å². The minimum Gasteiger partial charge on any atom is -0.444 e. The second-order valence-electron chi connectivity index (χ2n) is 5.62. The second-order valence-corrected chi connectivity index (χ2v) is 5.62. The van der Waals surface area contributed by atoms with Gasteiger partial charge in [-0.2, -0.15) is 0 Å². The Morgan fingerprint density at radius 1 is 1.17 bits per heavy atom. The summed E-state index contributed by atoms with van der Waals surface area (Å²) in [7, 11) is 0. The molecule has 1 aliphatic rings. The summed E-state index contributed by atoms with van der Waals surface area (Å²) in [4.78, 5) is 11.6. The predicted molar refractivity (Wildman–Crippen MR) is 72.9 cm³/mol. The monoisotopic (exact) mass is 248 g/mol. The Balaban J connectivity index is 1.87. The number of nitrogens with one attached hydrogen (secondary N) is 2. The number of carbonyl (C=O) groups is 1. The van der Waals surface area contributed by atoms with Crippen molar-refractivity contribution in [1.29, 1.82) is 0 Å². The molecule has 2 rings (SSSR count). The number of anilines is 2. The van der Waals surface area contributed by atoms with Gasteiger partial charge in [-0.15, -0.1) is 0 Å². The lowest BCUT2D eigenvalue weighted by Gasteiger charge is -2.19. The molecule has 1 aromatic rings. The molecule has 0 aromatic heterocycles. The Kier molecular flexibility index (Phi) is 3.45. The molecule has 0 bridgehead atoms. The zero-order chi connectivity index (χ0) is 13.2. The second kappa shape index (κ2) is 4.88. The SMILES string of the molecule is CC(C)(C)OC(=O)Nc1ccc(NC2CC2)cc1. The first-order valence-electron chi connectivity index (χ1n) is 6.29. The van der Waals surface area contributed by atoms with Crippen LogP contribution in [0.1, 0.15) is 33.6 Å².